The average molecular weight is 413 g/mol. The first-order valence-electron chi connectivity index (χ1n) is 8.19. The summed E-state index contributed by atoms with van der Waals surface area (Å²) < 4.78 is 52.9. The fourth-order valence-electron chi connectivity index (χ4n) is 2.76. The molecule has 1 aromatic carbocycles. The molecule has 27 heavy (non-hydrogen) atoms. The van der Waals surface area contributed by atoms with Crippen molar-refractivity contribution in [2.75, 3.05) is 13.1 Å². The van der Waals surface area contributed by atoms with Gasteiger partial charge < -0.3 is 0 Å². The largest absolute Gasteiger partial charge is 0.273 e. The Labute approximate surface area is 159 Å². The molecular formula is C17H17F2N3O3S2. The number of benzene rings is 1. The predicted octanol–water partition coefficient (Wildman–Crippen LogP) is 2.58. The summed E-state index contributed by atoms with van der Waals surface area (Å²) in [6.07, 6.45) is 1.84. The van der Waals surface area contributed by atoms with E-state index in [0.717, 1.165) is 29.7 Å². The zero-order chi connectivity index (χ0) is 19.4. The molecular weight excluding hydrogens is 396 g/mol. The Bertz CT molecular complexity index is 938. The lowest BCUT2D eigenvalue weighted by Gasteiger charge is -2.29. The second-order valence-electron chi connectivity index (χ2n) is 6.01. The number of piperidine rings is 1. The molecule has 3 rings (SSSR count). The van der Waals surface area contributed by atoms with Gasteiger partial charge in [-0.3, -0.25) is 4.79 Å². The SMILES string of the molecule is O=C(N/N=C\c1ccc(F)cc1F)C1CCN(S(=O)(=O)c2cccs2)CC1. The van der Waals surface area contributed by atoms with Crippen LogP contribution in [0.3, 0.4) is 0 Å². The number of rotatable bonds is 5. The molecule has 6 nitrogen and oxygen atoms in total. The molecule has 1 amide bonds. The summed E-state index contributed by atoms with van der Waals surface area (Å²) in [5, 5.41) is 5.40. The molecule has 1 aromatic heterocycles. The zero-order valence-electron chi connectivity index (χ0n) is 14.1. The first-order chi connectivity index (χ1) is 12.9. The highest BCUT2D eigenvalue weighted by molar-refractivity contribution is 7.91. The summed E-state index contributed by atoms with van der Waals surface area (Å²) in [4.78, 5) is 12.2. The van der Waals surface area contributed by atoms with Gasteiger partial charge in [0.1, 0.15) is 15.8 Å². The Balaban J connectivity index is 1.53. The lowest BCUT2D eigenvalue weighted by atomic mass is 9.98. The van der Waals surface area contributed by atoms with Gasteiger partial charge in [0, 0.05) is 30.6 Å². The zero-order valence-corrected chi connectivity index (χ0v) is 15.8. The van der Waals surface area contributed by atoms with Crippen molar-refractivity contribution < 1.29 is 22.0 Å². The lowest BCUT2D eigenvalue weighted by Crippen LogP contribution is -2.42. The number of amides is 1. The first kappa shape index (κ1) is 19.6. The summed E-state index contributed by atoms with van der Waals surface area (Å²) in [7, 11) is -3.51. The Morgan fingerprint density at radius 2 is 2.00 bits per heavy atom. The summed E-state index contributed by atoms with van der Waals surface area (Å²) >= 11 is 1.16. The standard InChI is InChI=1S/C17H17F2N3O3S2/c18-14-4-3-13(15(19)10-14)11-20-21-17(23)12-5-7-22(8-6-12)27(24,25)16-2-1-9-26-16/h1-4,9-12H,5-8H2,(H,21,23)/b20-11-. The fraction of sp³-hybridized carbons (Fsp3) is 0.294. The maximum atomic E-state index is 13.5. The second kappa shape index (κ2) is 8.24. The molecule has 0 saturated carbocycles. The maximum absolute atomic E-state index is 13.5. The smallest absolute Gasteiger partial charge is 0.252 e. The van der Waals surface area contributed by atoms with Crippen LogP contribution in [0.4, 0.5) is 8.78 Å². The minimum Gasteiger partial charge on any atom is -0.273 e. The van der Waals surface area contributed by atoms with E-state index < -0.39 is 21.7 Å². The number of carbonyl (C=O) groups excluding carboxylic acids is 1. The quantitative estimate of drug-likeness (QED) is 0.605. The Kier molecular flexibility index (Phi) is 5.98. The van der Waals surface area contributed by atoms with E-state index in [1.165, 1.54) is 10.4 Å². The molecule has 1 N–H and O–H groups in total. The van der Waals surface area contributed by atoms with Gasteiger partial charge in [0.25, 0.3) is 10.0 Å². The average Bonchev–Trinajstić information content (AvgIpc) is 3.19. The lowest BCUT2D eigenvalue weighted by molar-refractivity contribution is -0.126. The van der Waals surface area contributed by atoms with Crippen molar-refractivity contribution >= 4 is 33.5 Å². The molecule has 2 heterocycles. The molecule has 1 aliphatic rings. The van der Waals surface area contributed by atoms with E-state index in [-0.39, 0.29) is 34.7 Å². The number of hydrogen-bond acceptors (Lipinski definition) is 5. The van der Waals surface area contributed by atoms with Gasteiger partial charge in [-0.25, -0.2) is 22.6 Å². The summed E-state index contributed by atoms with van der Waals surface area (Å²) in [6, 6.07) is 6.28. The van der Waals surface area contributed by atoms with E-state index in [1.807, 2.05) is 0 Å². The molecule has 0 spiro atoms. The summed E-state index contributed by atoms with van der Waals surface area (Å²) in [6.45, 7) is 0.489. The van der Waals surface area contributed by atoms with Gasteiger partial charge in [-0.2, -0.15) is 9.41 Å². The minimum atomic E-state index is -3.51. The van der Waals surface area contributed by atoms with Crippen LogP contribution >= 0.6 is 11.3 Å². The van der Waals surface area contributed by atoms with Crippen LogP contribution in [0.15, 0.2) is 45.0 Å². The molecule has 0 radical (unpaired) electrons. The molecule has 1 fully saturated rings. The number of carbonyl (C=O) groups is 1. The van der Waals surface area contributed by atoms with Crippen molar-refractivity contribution in [2.45, 2.75) is 17.1 Å². The summed E-state index contributed by atoms with van der Waals surface area (Å²) in [5.41, 5.74) is 2.38. The molecule has 2 aromatic rings. The van der Waals surface area contributed by atoms with Crippen LogP contribution in [-0.4, -0.2) is 37.9 Å². The van der Waals surface area contributed by atoms with Crippen LogP contribution in [0.5, 0.6) is 0 Å². The predicted molar refractivity (Wildman–Crippen MR) is 97.9 cm³/mol. The van der Waals surface area contributed by atoms with Crippen LogP contribution in [0.25, 0.3) is 0 Å². The first-order valence-corrected chi connectivity index (χ1v) is 10.5. The van der Waals surface area contributed by atoms with E-state index in [9.17, 15) is 22.0 Å². The van der Waals surface area contributed by atoms with Gasteiger partial charge in [0.05, 0.1) is 6.21 Å². The number of hydrogen-bond donors (Lipinski definition) is 1. The minimum absolute atomic E-state index is 0.0496. The van der Waals surface area contributed by atoms with Crippen LogP contribution < -0.4 is 5.43 Å². The van der Waals surface area contributed by atoms with Crippen molar-refractivity contribution in [3.8, 4) is 0 Å². The fourth-order valence-corrected chi connectivity index (χ4v) is 5.37. The Hall–Kier alpha value is -2.17. The van der Waals surface area contributed by atoms with Crippen molar-refractivity contribution in [3.63, 3.8) is 0 Å². The van der Waals surface area contributed by atoms with Crippen LogP contribution in [-0.2, 0) is 14.8 Å². The normalized spacial score (nSPS) is 16.7. The third-order valence-electron chi connectivity index (χ3n) is 4.25. The molecule has 1 saturated heterocycles. The third-order valence-corrected chi connectivity index (χ3v) is 7.53. The van der Waals surface area contributed by atoms with E-state index in [2.05, 4.69) is 10.5 Å². The van der Waals surface area contributed by atoms with Crippen molar-refractivity contribution in [2.24, 2.45) is 11.0 Å². The number of nitrogens with one attached hydrogen (secondary N) is 1. The van der Waals surface area contributed by atoms with Gasteiger partial charge in [-0.15, -0.1) is 11.3 Å². The van der Waals surface area contributed by atoms with E-state index in [4.69, 9.17) is 0 Å². The van der Waals surface area contributed by atoms with E-state index in [1.54, 1.807) is 17.5 Å². The third kappa shape index (κ3) is 4.57. The molecule has 0 atom stereocenters. The van der Waals surface area contributed by atoms with Gasteiger partial charge in [-0.1, -0.05) is 6.07 Å². The number of thiophene rings is 1. The topological polar surface area (TPSA) is 78.8 Å². The van der Waals surface area contributed by atoms with Crippen LogP contribution in [0.1, 0.15) is 18.4 Å². The van der Waals surface area contributed by atoms with Gasteiger partial charge in [-0.05, 0) is 36.4 Å². The maximum Gasteiger partial charge on any atom is 0.252 e. The van der Waals surface area contributed by atoms with E-state index in [0.29, 0.717) is 12.8 Å². The van der Waals surface area contributed by atoms with Crippen molar-refractivity contribution in [3.05, 3.63) is 52.9 Å². The molecule has 144 valence electrons. The molecule has 0 bridgehead atoms. The monoisotopic (exact) mass is 413 g/mol. The van der Waals surface area contributed by atoms with Gasteiger partial charge in [0.2, 0.25) is 5.91 Å². The molecule has 10 heteroatoms. The van der Waals surface area contributed by atoms with Crippen LogP contribution in [0.2, 0.25) is 0 Å². The van der Waals surface area contributed by atoms with Crippen molar-refractivity contribution in [1.82, 2.24) is 9.73 Å². The second-order valence-corrected chi connectivity index (χ2v) is 9.12. The highest BCUT2D eigenvalue weighted by Gasteiger charge is 2.32. The number of halogens is 2. The van der Waals surface area contributed by atoms with E-state index >= 15 is 0 Å². The van der Waals surface area contributed by atoms with Crippen LogP contribution in [0, 0.1) is 17.6 Å². The highest BCUT2D eigenvalue weighted by Crippen LogP contribution is 2.26. The molecule has 0 unspecified atom stereocenters. The Morgan fingerprint density at radius 1 is 1.26 bits per heavy atom. The number of nitrogens with zero attached hydrogens (tertiary/aromatic N) is 2. The van der Waals surface area contributed by atoms with Gasteiger partial charge in [0.15, 0.2) is 0 Å². The number of sulfonamides is 1. The Morgan fingerprint density at radius 3 is 2.63 bits per heavy atom. The molecule has 0 aliphatic carbocycles. The van der Waals surface area contributed by atoms with Gasteiger partial charge >= 0.3 is 0 Å². The van der Waals surface area contributed by atoms with Crippen molar-refractivity contribution in [1.29, 1.82) is 0 Å². The number of hydrazone groups is 1. The molecule has 1 aliphatic heterocycles. The highest BCUT2D eigenvalue weighted by atomic mass is 32.2. The summed E-state index contributed by atoms with van der Waals surface area (Å²) in [5.74, 6) is -2.21.